The molecule has 1 saturated heterocycles. The molecule has 12 heteroatoms. The van der Waals surface area contributed by atoms with E-state index < -0.39 is 48.8 Å². The summed E-state index contributed by atoms with van der Waals surface area (Å²) in [4.78, 5) is 27.6. The van der Waals surface area contributed by atoms with Crippen LogP contribution in [0.4, 0.5) is 5.82 Å². The van der Waals surface area contributed by atoms with E-state index >= 15 is 0 Å². The number of carbonyl (C=O) groups excluding carboxylic acids is 1. The van der Waals surface area contributed by atoms with Crippen molar-refractivity contribution in [3.63, 3.8) is 0 Å². The van der Waals surface area contributed by atoms with Crippen molar-refractivity contribution < 1.29 is 34.4 Å². The van der Waals surface area contributed by atoms with Crippen molar-refractivity contribution in [2.24, 2.45) is 5.73 Å². The van der Waals surface area contributed by atoms with E-state index in [4.69, 9.17) is 25.2 Å². The number of rotatable bonds is 9. The number of nitrogens with one attached hydrogen (secondary N) is 1. The Morgan fingerprint density at radius 1 is 1.26 bits per heavy atom. The van der Waals surface area contributed by atoms with Gasteiger partial charge in [0.2, 0.25) is 0 Å². The molecule has 0 unspecified atom stereocenters. The van der Waals surface area contributed by atoms with E-state index in [0.717, 1.165) is 10.1 Å². The van der Waals surface area contributed by atoms with Crippen molar-refractivity contribution in [2.45, 2.75) is 37.2 Å². The molecule has 1 fully saturated rings. The number of hydrogen-bond donors (Lipinski definition) is 5. The molecule has 3 rings (SSSR count). The highest BCUT2D eigenvalue weighted by molar-refractivity contribution is 5.75. The standard InChI is InChI=1S/C19H24N4O8/c20-12(9-29-8-11-4-2-1-3-5-11)18(26)30-10-13-15(24)16(25)17(31-13)23-7-6-14(22-28)21-19(23)27/h1-7,12-13,15-17,24-25,28H,8-10,20H2,(H,21,22,27)/t12-,13+,15+,16+,17+/m0/s1. The largest absolute Gasteiger partial charge is 0.462 e. The van der Waals surface area contributed by atoms with Crippen LogP contribution in [0.15, 0.2) is 47.4 Å². The molecule has 31 heavy (non-hydrogen) atoms. The van der Waals surface area contributed by atoms with Gasteiger partial charge in [0.15, 0.2) is 12.0 Å². The number of anilines is 1. The summed E-state index contributed by atoms with van der Waals surface area (Å²) in [5.41, 5.74) is 7.59. The maximum absolute atomic E-state index is 12.1. The molecule has 1 aliphatic rings. The van der Waals surface area contributed by atoms with Crippen LogP contribution in [0.1, 0.15) is 11.8 Å². The first-order chi connectivity index (χ1) is 14.9. The number of carbonyl (C=O) groups is 1. The molecule has 2 heterocycles. The predicted octanol–water partition coefficient (Wildman–Crippen LogP) is -1.25. The van der Waals surface area contributed by atoms with E-state index in [9.17, 15) is 19.8 Å². The molecule has 1 aromatic carbocycles. The van der Waals surface area contributed by atoms with Gasteiger partial charge in [0.25, 0.3) is 0 Å². The third-order valence-corrected chi connectivity index (χ3v) is 4.66. The molecule has 5 atom stereocenters. The third-order valence-electron chi connectivity index (χ3n) is 4.66. The Kier molecular flexibility index (Phi) is 7.68. The topological polar surface area (TPSA) is 178 Å². The fourth-order valence-corrected chi connectivity index (χ4v) is 2.98. The van der Waals surface area contributed by atoms with Gasteiger partial charge >= 0.3 is 11.7 Å². The second-order valence-corrected chi connectivity index (χ2v) is 6.90. The van der Waals surface area contributed by atoms with E-state index in [-0.39, 0.29) is 19.0 Å². The van der Waals surface area contributed by atoms with Crippen molar-refractivity contribution in [3.05, 3.63) is 58.6 Å². The zero-order chi connectivity index (χ0) is 22.4. The summed E-state index contributed by atoms with van der Waals surface area (Å²) >= 11 is 0. The predicted molar refractivity (Wildman–Crippen MR) is 105 cm³/mol. The monoisotopic (exact) mass is 436 g/mol. The summed E-state index contributed by atoms with van der Waals surface area (Å²) in [5.74, 6) is -0.859. The number of aliphatic hydroxyl groups excluding tert-OH is 2. The van der Waals surface area contributed by atoms with Crippen molar-refractivity contribution in [1.82, 2.24) is 9.55 Å². The lowest BCUT2D eigenvalue weighted by molar-refractivity contribution is -0.153. The lowest BCUT2D eigenvalue weighted by Gasteiger charge is -2.17. The number of ether oxygens (including phenoxy) is 3. The lowest BCUT2D eigenvalue weighted by Crippen LogP contribution is -2.40. The summed E-state index contributed by atoms with van der Waals surface area (Å²) in [7, 11) is 0. The molecule has 0 saturated carbocycles. The van der Waals surface area contributed by atoms with Gasteiger partial charge in [-0.05, 0) is 11.6 Å². The van der Waals surface area contributed by atoms with Gasteiger partial charge in [-0.2, -0.15) is 4.98 Å². The van der Waals surface area contributed by atoms with Crippen LogP contribution in [0.5, 0.6) is 0 Å². The highest BCUT2D eigenvalue weighted by atomic mass is 16.6. The summed E-state index contributed by atoms with van der Waals surface area (Å²) in [6.07, 6.45) is -4.02. The Morgan fingerprint density at radius 2 is 2.00 bits per heavy atom. The average Bonchev–Trinajstić information content (AvgIpc) is 3.06. The number of esters is 1. The van der Waals surface area contributed by atoms with Crippen LogP contribution in [0.3, 0.4) is 0 Å². The Bertz CT molecular complexity index is 925. The van der Waals surface area contributed by atoms with E-state index in [1.165, 1.54) is 12.3 Å². The maximum atomic E-state index is 12.1. The number of aliphatic hydroxyl groups is 2. The van der Waals surface area contributed by atoms with E-state index in [1.807, 2.05) is 30.3 Å². The minimum Gasteiger partial charge on any atom is -0.462 e. The smallest absolute Gasteiger partial charge is 0.351 e. The quantitative estimate of drug-likeness (QED) is 0.234. The van der Waals surface area contributed by atoms with Gasteiger partial charge in [-0.3, -0.25) is 20.0 Å². The van der Waals surface area contributed by atoms with Gasteiger partial charge in [0.05, 0.1) is 13.2 Å². The highest BCUT2D eigenvalue weighted by Crippen LogP contribution is 2.28. The maximum Gasteiger partial charge on any atom is 0.351 e. The van der Waals surface area contributed by atoms with E-state index in [0.29, 0.717) is 0 Å². The van der Waals surface area contributed by atoms with Gasteiger partial charge in [-0.15, -0.1) is 0 Å². The second-order valence-electron chi connectivity index (χ2n) is 6.90. The Balaban J connectivity index is 1.49. The van der Waals surface area contributed by atoms with Crippen LogP contribution in [-0.4, -0.2) is 68.5 Å². The van der Waals surface area contributed by atoms with Crippen LogP contribution < -0.4 is 16.9 Å². The van der Waals surface area contributed by atoms with E-state index in [1.54, 1.807) is 5.48 Å². The minimum atomic E-state index is -1.47. The van der Waals surface area contributed by atoms with Crippen LogP contribution in [0.2, 0.25) is 0 Å². The summed E-state index contributed by atoms with van der Waals surface area (Å²) in [6.45, 7) is -0.175. The van der Waals surface area contributed by atoms with Crippen LogP contribution >= 0.6 is 0 Å². The first-order valence-corrected chi connectivity index (χ1v) is 9.45. The Morgan fingerprint density at radius 3 is 2.68 bits per heavy atom. The Labute approximate surface area is 176 Å². The molecule has 0 bridgehead atoms. The van der Waals surface area contributed by atoms with Gasteiger partial charge in [0.1, 0.15) is 31.0 Å². The summed E-state index contributed by atoms with van der Waals surface area (Å²) in [5, 5.41) is 29.2. The first-order valence-electron chi connectivity index (χ1n) is 9.45. The summed E-state index contributed by atoms with van der Waals surface area (Å²) < 4.78 is 16.9. The molecule has 0 spiro atoms. The zero-order valence-corrected chi connectivity index (χ0v) is 16.4. The van der Waals surface area contributed by atoms with Crippen LogP contribution in [-0.2, 0) is 25.6 Å². The fourth-order valence-electron chi connectivity index (χ4n) is 2.98. The number of nitrogens with two attached hydrogens (primary N) is 1. The van der Waals surface area contributed by atoms with Crippen molar-refractivity contribution in [3.8, 4) is 0 Å². The fraction of sp³-hybridized carbons (Fsp3) is 0.421. The minimum absolute atomic E-state index is 0.0701. The molecule has 0 amide bonds. The van der Waals surface area contributed by atoms with E-state index in [2.05, 4.69) is 4.98 Å². The number of aromatic nitrogens is 2. The normalized spacial score (nSPS) is 24.0. The highest BCUT2D eigenvalue weighted by Gasteiger charge is 2.44. The van der Waals surface area contributed by atoms with Gasteiger partial charge in [0, 0.05) is 6.20 Å². The molecule has 1 aromatic heterocycles. The van der Waals surface area contributed by atoms with Crippen molar-refractivity contribution in [2.75, 3.05) is 18.7 Å². The SMILES string of the molecule is N[C@@H](COCc1ccccc1)C(=O)OC[C@H]1O[C@@H](n2ccc(NO)nc2=O)[C@H](O)[C@@H]1O. The van der Waals surface area contributed by atoms with Crippen molar-refractivity contribution in [1.29, 1.82) is 0 Å². The molecule has 168 valence electrons. The lowest BCUT2D eigenvalue weighted by atomic mass is 10.1. The molecule has 1 aliphatic heterocycles. The van der Waals surface area contributed by atoms with Crippen molar-refractivity contribution >= 4 is 11.8 Å². The zero-order valence-electron chi connectivity index (χ0n) is 16.4. The van der Waals surface area contributed by atoms with Crippen LogP contribution in [0.25, 0.3) is 0 Å². The van der Waals surface area contributed by atoms with Gasteiger partial charge in [-0.25, -0.2) is 4.79 Å². The first kappa shape index (κ1) is 22.8. The summed E-state index contributed by atoms with van der Waals surface area (Å²) in [6, 6.07) is 9.58. The average molecular weight is 436 g/mol. The van der Waals surface area contributed by atoms with Gasteiger partial charge in [-0.1, -0.05) is 30.3 Å². The molecular weight excluding hydrogens is 412 g/mol. The molecule has 0 radical (unpaired) electrons. The van der Waals surface area contributed by atoms with Gasteiger partial charge < -0.3 is 30.2 Å². The number of hydrogen-bond acceptors (Lipinski definition) is 11. The molecule has 0 aliphatic carbocycles. The number of benzene rings is 1. The molecule has 6 N–H and O–H groups in total. The molecule has 2 aromatic rings. The number of nitrogens with zero attached hydrogens (tertiary/aromatic N) is 2. The third kappa shape index (κ3) is 5.64. The second kappa shape index (κ2) is 10.4. The molecule has 12 nitrogen and oxygen atoms in total. The Hall–Kier alpha value is -2.87. The molecular formula is C19H24N4O8. The van der Waals surface area contributed by atoms with Crippen LogP contribution in [0, 0.1) is 0 Å².